The Hall–Kier alpha value is -5.11. The normalized spacial score (nSPS) is 15.7. The van der Waals surface area contributed by atoms with Crippen LogP contribution < -0.4 is 15.5 Å². The molecule has 0 aliphatic carbocycles. The maximum absolute atomic E-state index is 14.0. The van der Waals surface area contributed by atoms with E-state index in [2.05, 4.69) is 19.9 Å². The number of amides is 3. The van der Waals surface area contributed by atoms with Gasteiger partial charge in [-0.15, -0.1) is 0 Å². The molecular weight excluding hydrogens is 511 g/mol. The van der Waals surface area contributed by atoms with Gasteiger partial charge in [-0.05, 0) is 54.7 Å². The number of urea groups is 1. The van der Waals surface area contributed by atoms with Crippen molar-refractivity contribution in [1.29, 1.82) is 5.26 Å². The maximum Gasteiger partial charge on any atom is 0.329 e. The van der Waals surface area contributed by atoms with Gasteiger partial charge in [-0.25, -0.2) is 24.1 Å². The van der Waals surface area contributed by atoms with E-state index in [1.807, 2.05) is 35.2 Å². The first kappa shape index (κ1) is 25.2. The molecule has 0 bridgehead atoms. The summed E-state index contributed by atoms with van der Waals surface area (Å²) in [5.41, 5.74) is 8.28. The molecule has 2 aromatic heterocycles. The Morgan fingerprint density at radius 1 is 1.10 bits per heavy atom. The van der Waals surface area contributed by atoms with E-state index in [0.29, 0.717) is 24.3 Å². The van der Waals surface area contributed by atoms with Crippen LogP contribution in [0, 0.1) is 23.1 Å². The third-order valence-electron chi connectivity index (χ3n) is 7.53. The number of aromatic nitrogens is 3. The lowest BCUT2D eigenvalue weighted by atomic mass is 9.95. The second kappa shape index (κ2) is 10.2. The molecule has 3 amide bonds. The molecule has 2 N–H and O–H groups in total. The van der Waals surface area contributed by atoms with Crippen LogP contribution in [0.5, 0.6) is 0 Å². The van der Waals surface area contributed by atoms with Crippen molar-refractivity contribution in [2.45, 2.75) is 19.4 Å². The number of anilines is 3. The van der Waals surface area contributed by atoms with E-state index in [0.717, 1.165) is 48.4 Å². The van der Waals surface area contributed by atoms with Gasteiger partial charge in [-0.2, -0.15) is 5.26 Å². The molecular formula is C29H25FN8O2. The molecule has 2 aliphatic rings. The maximum atomic E-state index is 14.0. The Bertz CT molecular complexity index is 1680. The highest BCUT2D eigenvalue weighted by Crippen LogP contribution is 2.37. The quantitative estimate of drug-likeness (QED) is 0.406. The van der Waals surface area contributed by atoms with Gasteiger partial charge in [0.15, 0.2) is 0 Å². The third-order valence-corrected chi connectivity index (χ3v) is 7.53. The largest absolute Gasteiger partial charge is 0.364 e. The lowest BCUT2D eigenvalue weighted by Gasteiger charge is -2.40. The molecule has 200 valence electrons. The molecule has 2 aromatic carbocycles. The highest BCUT2D eigenvalue weighted by Gasteiger charge is 2.34. The summed E-state index contributed by atoms with van der Waals surface area (Å²) in [6, 6.07) is 15.1. The SMILES string of the molecule is N#Cc1cc(N2C(=O)N(CC3CCN(c4ncnc5cnc(C(N)=O)cc45)CC3)Cc3ccccc32)ccc1F. The lowest BCUT2D eigenvalue weighted by Crippen LogP contribution is -2.48. The molecule has 0 radical (unpaired) electrons. The molecule has 11 heteroatoms. The molecule has 4 heterocycles. The number of para-hydroxylation sites is 1. The molecule has 0 spiro atoms. The van der Waals surface area contributed by atoms with Crippen LogP contribution in [0.2, 0.25) is 0 Å². The fraction of sp³-hybridized carbons (Fsp3) is 0.241. The van der Waals surface area contributed by atoms with Gasteiger partial charge >= 0.3 is 6.03 Å². The van der Waals surface area contributed by atoms with E-state index in [9.17, 15) is 19.2 Å². The number of piperidine rings is 1. The molecule has 10 nitrogen and oxygen atoms in total. The van der Waals surface area contributed by atoms with Crippen LogP contribution in [0.3, 0.4) is 0 Å². The second-order valence-electron chi connectivity index (χ2n) is 9.98. The molecule has 0 saturated carbocycles. The predicted octanol–water partition coefficient (Wildman–Crippen LogP) is 4.12. The van der Waals surface area contributed by atoms with Gasteiger partial charge in [0.1, 0.15) is 29.7 Å². The Kier molecular flexibility index (Phi) is 6.43. The Labute approximate surface area is 229 Å². The average Bonchev–Trinajstić information content (AvgIpc) is 2.98. The summed E-state index contributed by atoms with van der Waals surface area (Å²) >= 11 is 0. The highest BCUT2D eigenvalue weighted by atomic mass is 19.1. The van der Waals surface area contributed by atoms with Crippen LogP contribution in [0.4, 0.5) is 26.4 Å². The van der Waals surface area contributed by atoms with Gasteiger partial charge in [0.25, 0.3) is 5.91 Å². The summed E-state index contributed by atoms with van der Waals surface area (Å²) in [6.45, 7) is 2.47. The molecule has 4 aromatic rings. The van der Waals surface area contributed by atoms with Crippen molar-refractivity contribution in [3.05, 3.63) is 83.7 Å². The first-order valence-electron chi connectivity index (χ1n) is 12.9. The molecule has 2 aliphatic heterocycles. The Morgan fingerprint density at radius 3 is 2.67 bits per heavy atom. The van der Waals surface area contributed by atoms with Crippen molar-refractivity contribution in [3.8, 4) is 6.07 Å². The number of benzene rings is 2. The predicted molar refractivity (Wildman–Crippen MR) is 146 cm³/mol. The van der Waals surface area contributed by atoms with Crippen LogP contribution in [0.25, 0.3) is 10.9 Å². The summed E-state index contributed by atoms with van der Waals surface area (Å²) in [6.07, 6.45) is 4.68. The van der Waals surface area contributed by atoms with Gasteiger partial charge in [-0.3, -0.25) is 9.69 Å². The first-order chi connectivity index (χ1) is 19.4. The zero-order chi connectivity index (χ0) is 27.8. The zero-order valence-corrected chi connectivity index (χ0v) is 21.5. The number of fused-ring (bicyclic) bond motifs is 2. The van der Waals surface area contributed by atoms with E-state index in [-0.39, 0.29) is 23.2 Å². The minimum Gasteiger partial charge on any atom is -0.364 e. The highest BCUT2D eigenvalue weighted by molar-refractivity contribution is 6.02. The number of pyridine rings is 1. The molecule has 0 unspecified atom stereocenters. The van der Waals surface area contributed by atoms with Crippen LogP contribution in [-0.4, -0.2) is 51.4 Å². The van der Waals surface area contributed by atoms with Gasteiger partial charge in [0, 0.05) is 31.6 Å². The number of nitrogens with zero attached hydrogens (tertiary/aromatic N) is 7. The average molecular weight is 537 g/mol. The molecule has 1 saturated heterocycles. The number of rotatable bonds is 5. The van der Waals surface area contributed by atoms with E-state index in [1.54, 1.807) is 11.0 Å². The molecule has 6 rings (SSSR count). The van der Waals surface area contributed by atoms with E-state index >= 15 is 0 Å². The van der Waals surface area contributed by atoms with Crippen molar-refractivity contribution < 1.29 is 14.0 Å². The molecule has 40 heavy (non-hydrogen) atoms. The number of hydrogen-bond acceptors (Lipinski definition) is 7. The van der Waals surface area contributed by atoms with Gasteiger partial charge in [0.05, 0.1) is 28.7 Å². The third kappa shape index (κ3) is 4.53. The summed E-state index contributed by atoms with van der Waals surface area (Å²) in [7, 11) is 0. The number of halogens is 1. The number of nitrogens with two attached hydrogens (primary N) is 1. The number of nitriles is 1. The van der Waals surface area contributed by atoms with Crippen LogP contribution in [0.15, 0.2) is 61.1 Å². The number of carbonyl (C=O) groups is 2. The van der Waals surface area contributed by atoms with Crippen molar-refractivity contribution in [1.82, 2.24) is 19.9 Å². The van der Waals surface area contributed by atoms with Crippen LogP contribution in [-0.2, 0) is 6.54 Å². The fourth-order valence-electron chi connectivity index (χ4n) is 5.48. The van der Waals surface area contributed by atoms with E-state index < -0.39 is 11.7 Å². The van der Waals surface area contributed by atoms with Crippen LogP contribution >= 0.6 is 0 Å². The topological polar surface area (TPSA) is 132 Å². The molecule has 0 atom stereocenters. The zero-order valence-electron chi connectivity index (χ0n) is 21.5. The molecule has 1 fully saturated rings. The fourth-order valence-corrected chi connectivity index (χ4v) is 5.48. The first-order valence-corrected chi connectivity index (χ1v) is 12.9. The van der Waals surface area contributed by atoms with Gasteiger partial charge in [-0.1, -0.05) is 18.2 Å². The minimum atomic E-state index is -0.619. The smallest absolute Gasteiger partial charge is 0.329 e. The minimum absolute atomic E-state index is 0.108. The number of hydrogen-bond donors (Lipinski definition) is 1. The Balaban J connectivity index is 1.21. The van der Waals surface area contributed by atoms with Gasteiger partial charge in [0.2, 0.25) is 0 Å². The van der Waals surface area contributed by atoms with Crippen molar-refractivity contribution in [2.75, 3.05) is 29.4 Å². The summed E-state index contributed by atoms with van der Waals surface area (Å²) in [5.74, 6) is -0.244. The van der Waals surface area contributed by atoms with Gasteiger partial charge < -0.3 is 15.5 Å². The van der Waals surface area contributed by atoms with E-state index in [4.69, 9.17) is 5.73 Å². The standard InChI is InChI=1S/C29H25FN8O2/c30-23-6-5-21(11-20(23)13-31)38-26-4-2-1-3-19(26)16-37(29(38)40)15-18-7-9-36(10-8-18)28-22-12-24(27(32)39)33-14-25(22)34-17-35-28/h1-6,11-12,14,17-18H,7-10,15-16H2,(H2,32,39). The lowest BCUT2D eigenvalue weighted by molar-refractivity contribution is 0.0995. The van der Waals surface area contributed by atoms with E-state index in [1.165, 1.54) is 30.7 Å². The summed E-state index contributed by atoms with van der Waals surface area (Å²) < 4.78 is 14.0. The van der Waals surface area contributed by atoms with Crippen molar-refractivity contribution in [2.24, 2.45) is 11.7 Å². The summed E-state index contributed by atoms with van der Waals surface area (Å²) in [4.78, 5) is 43.8. The number of carbonyl (C=O) groups excluding carboxylic acids is 2. The van der Waals surface area contributed by atoms with Crippen LogP contribution in [0.1, 0.15) is 34.5 Å². The number of primary amides is 1. The van der Waals surface area contributed by atoms with Crippen molar-refractivity contribution in [3.63, 3.8) is 0 Å². The Morgan fingerprint density at radius 2 is 1.90 bits per heavy atom. The van der Waals surface area contributed by atoms with Crippen molar-refractivity contribution >= 4 is 40.0 Å². The summed E-state index contributed by atoms with van der Waals surface area (Å²) in [5, 5.41) is 10.1. The monoisotopic (exact) mass is 536 g/mol. The second-order valence-corrected chi connectivity index (χ2v) is 9.98.